The summed E-state index contributed by atoms with van der Waals surface area (Å²) in [6.45, 7) is 9.18. The summed E-state index contributed by atoms with van der Waals surface area (Å²) in [5.41, 5.74) is 5.29. The lowest BCUT2D eigenvalue weighted by atomic mass is 9.63. The van der Waals surface area contributed by atoms with Gasteiger partial charge in [-0.25, -0.2) is 0 Å². The Labute approximate surface area is 280 Å². The molecule has 0 N–H and O–H groups in total. The van der Waals surface area contributed by atoms with E-state index < -0.39 is 10.8 Å². The first-order valence-corrected chi connectivity index (χ1v) is 16.2. The van der Waals surface area contributed by atoms with Gasteiger partial charge in [0, 0.05) is 60.0 Å². The van der Waals surface area contributed by atoms with Crippen LogP contribution in [0.5, 0.6) is 11.5 Å². The van der Waals surface area contributed by atoms with Crippen LogP contribution in [0, 0.1) is 20.9 Å². The number of benzene rings is 3. The molecule has 2 aliphatic carbocycles. The molecule has 3 aliphatic rings. The van der Waals surface area contributed by atoms with Gasteiger partial charge in [0.15, 0.2) is 23.1 Å². The molecule has 0 spiro atoms. The predicted octanol–water partition coefficient (Wildman–Crippen LogP) is 8.72. The number of nitrogens with zero attached hydrogens (tertiary/aromatic N) is 2. The molecule has 1 heterocycles. The van der Waals surface area contributed by atoms with Crippen molar-refractivity contribution in [2.24, 2.45) is 10.8 Å². The zero-order valence-electron chi connectivity index (χ0n) is 27.4. The van der Waals surface area contributed by atoms with E-state index in [0.29, 0.717) is 60.4 Å². The number of carbonyl (C=O) groups is 2. The Kier molecular flexibility index (Phi) is 8.51. The molecule has 0 unspecified atom stereocenters. The normalized spacial score (nSPS) is 19.0. The van der Waals surface area contributed by atoms with E-state index in [-0.39, 0.29) is 39.7 Å². The van der Waals surface area contributed by atoms with Crippen LogP contribution < -0.4 is 9.47 Å². The summed E-state index contributed by atoms with van der Waals surface area (Å²) < 4.78 is 11.9. The fourth-order valence-electron chi connectivity index (χ4n) is 7.25. The molecule has 0 aromatic heterocycles. The van der Waals surface area contributed by atoms with Crippen molar-refractivity contribution in [3.63, 3.8) is 0 Å². The third-order valence-corrected chi connectivity index (χ3v) is 9.60. The molecule has 0 saturated heterocycles. The second-order valence-electron chi connectivity index (χ2n) is 14.4. The van der Waals surface area contributed by atoms with Crippen LogP contribution in [-0.2, 0) is 22.7 Å². The summed E-state index contributed by atoms with van der Waals surface area (Å²) in [6.07, 6.45) is 2.16. The highest BCUT2D eigenvalue weighted by atomic mass is 35.5. The van der Waals surface area contributed by atoms with Gasteiger partial charge in [-0.3, -0.25) is 19.7 Å². The summed E-state index contributed by atoms with van der Waals surface area (Å²) in [7, 11) is 1.52. The zero-order chi connectivity index (χ0) is 33.7. The van der Waals surface area contributed by atoms with E-state index in [1.807, 2.05) is 24.3 Å². The van der Waals surface area contributed by atoms with E-state index in [9.17, 15) is 19.7 Å². The largest absolute Gasteiger partial charge is 0.493 e. The second-order valence-corrected chi connectivity index (χ2v) is 14.8. The fraction of sp³-hybridized carbons (Fsp3) is 0.368. The maximum Gasteiger partial charge on any atom is 0.269 e. The van der Waals surface area contributed by atoms with Crippen molar-refractivity contribution in [3.8, 4) is 11.5 Å². The van der Waals surface area contributed by atoms with E-state index in [0.717, 1.165) is 22.5 Å². The van der Waals surface area contributed by atoms with Gasteiger partial charge in [-0.15, -0.1) is 0 Å². The third kappa shape index (κ3) is 6.44. The van der Waals surface area contributed by atoms with Gasteiger partial charge in [-0.1, -0.05) is 69.6 Å². The van der Waals surface area contributed by atoms with E-state index >= 15 is 0 Å². The van der Waals surface area contributed by atoms with Gasteiger partial charge >= 0.3 is 0 Å². The highest BCUT2D eigenvalue weighted by molar-refractivity contribution is 6.32. The number of nitro groups is 1. The smallest absolute Gasteiger partial charge is 0.269 e. The number of hydrogen-bond acceptors (Lipinski definition) is 7. The molecule has 244 valence electrons. The Balaban J connectivity index is 1.47. The Hall–Kier alpha value is -4.43. The average molecular weight is 655 g/mol. The molecular weight excluding hydrogens is 616 g/mol. The maximum absolute atomic E-state index is 14.2. The van der Waals surface area contributed by atoms with Crippen LogP contribution in [0.2, 0.25) is 5.02 Å². The number of allylic oxidation sites excluding steroid dienone is 4. The molecule has 47 heavy (non-hydrogen) atoms. The van der Waals surface area contributed by atoms with Gasteiger partial charge in [0.05, 0.1) is 17.1 Å². The number of Topliss-reactive ketones (excluding diaryl/α,β-unsaturated/α-hetero) is 2. The van der Waals surface area contributed by atoms with E-state index in [1.165, 1.54) is 19.2 Å². The van der Waals surface area contributed by atoms with Crippen LogP contribution in [0.25, 0.3) is 0 Å². The van der Waals surface area contributed by atoms with Crippen LogP contribution in [0.3, 0.4) is 0 Å². The number of nitro benzene ring substituents is 1. The number of rotatable bonds is 8. The zero-order valence-corrected chi connectivity index (χ0v) is 28.1. The van der Waals surface area contributed by atoms with Crippen molar-refractivity contribution >= 4 is 28.9 Å². The number of hydrogen-bond donors (Lipinski definition) is 0. The lowest BCUT2D eigenvalue weighted by molar-refractivity contribution is -0.384. The fourth-order valence-corrected chi connectivity index (χ4v) is 7.53. The minimum absolute atomic E-state index is 0.00725. The summed E-state index contributed by atoms with van der Waals surface area (Å²) in [5, 5.41) is 11.3. The molecule has 6 rings (SSSR count). The van der Waals surface area contributed by atoms with Crippen LogP contribution >= 0.6 is 11.6 Å². The Bertz CT molecular complexity index is 1770. The quantitative estimate of drug-likeness (QED) is 0.177. The number of methoxy groups -OCH3 is 1. The summed E-state index contributed by atoms with van der Waals surface area (Å²) in [5.74, 6) is 0.175. The molecular formula is C38H39ClN2O6. The molecule has 3 aromatic carbocycles. The summed E-state index contributed by atoms with van der Waals surface area (Å²) >= 11 is 6.91. The lowest BCUT2D eigenvalue weighted by Gasteiger charge is -2.49. The first-order chi connectivity index (χ1) is 22.3. The molecule has 0 bridgehead atoms. The van der Waals surface area contributed by atoms with Gasteiger partial charge in [-0.2, -0.15) is 0 Å². The molecule has 9 heteroatoms. The molecule has 0 fully saturated rings. The van der Waals surface area contributed by atoms with Gasteiger partial charge < -0.3 is 14.4 Å². The number of halogens is 1. The molecule has 1 aliphatic heterocycles. The second kappa shape index (κ2) is 12.3. The molecule has 0 atom stereocenters. The van der Waals surface area contributed by atoms with Crippen molar-refractivity contribution in [2.75, 3.05) is 7.11 Å². The van der Waals surface area contributed by atoms with E-state index in [4.69, 9.17) is 21.1 Å². The maximum atomic E-state index is 14.2. The average Bonchev–Trinajstić information content (AvgIpc) is 3.00. The Morgan fingerprint density at radius 1 is 0.851 bits per heavy atom. The molecule has 0 amide bonds. The Morgan fingerprint density at radius 3 is 1.96 bits per heavy atom. The summed E-state index contributed by atoms with van der Waals surface area (Å²) in [4.78, 5) is 41.3. The highest BCUT2D eigenvalue weighted by Gasteiger charge is 2.49. The summed E-state index contributed by atoms with van der Waals surface area (Å²) in [6, 6.07) is 19.9. The van der Waals surface area contributed by atoms with Gasteiger partial charge in [-0.05, 0) is 64.6 Å². The van der Waals surface area contributed by atoms with Crippen LogP contribution in [0.15, 0.2) is 89.3 Å². The van der Waals surface area contributed by atoms with Crippen molar-refractivity contribution in [1.82, 2.24) is 4.90 Å². The van der Waals surface area contributed by atoms with E-state index in [2.05, 4.69) is 44.7 Å². The minimum atomic E-state index is -0.589. The third-order valence-electron chi connectivity index (χ3n) is 9.32. The Morgan fingerprint density at radius 2 is 1.43 bits per heavy atom. The predicted molar refractivity (Wildman–Crippen MR) is 180 cm³/mol. The van der Waals surface area contributed by atoms with Crippen LogP contribution in [0.4, 0.5) is 5.69 Å². The molecule has 8 nitrogen and oxygen atoms in total. The van der Waals surface area contributed by atoms with Crippen LogP contribution in [-0.4, -0.2) is 28.5 Å². The van der Waals surface area contributed by atoms with Crippen molar-refractivity contribution < 1.29 is 24.0 Å². The van der Waals surface area contributed by atoms with Crippen molar-refractivity contribution in [3.05, 3.63) is 121 Å². The lowest BCUT2D eigenvalue weighted by Crippen LogP contribution is -2.44. The highest BCUT2D eigenvalue weighted by Crippen LogP contribution is 2.55. The van der Waals surface area contributed by atoms with Crippen molar-refractivity contribution in [2.45, 2.75) is 72.4 Å². The SMILES string of the molecule is COc1cc(C2C3=C(CC(C)(C)CC3=O)N(Cc3ccccc3)C3=C2C(=O)CC(C)(C)C3)cc(Cl)c1OCc1ccc([N+](=O)[O-])cc1. The molecule has 0 radical (unpaired) electrons. The monoisotopic (exact) mass is 654 g/mol. The number of ketones is 2. The minimum Gasteiger partial charge on any atom is -0.493 e. The van der Waals surface area contributed by atoms with Crippen LogP contribution in [0.1, 0.15) is 76.0 Å². The number of non-ortho nitro benzene ring substituents is 1. The molecule has 0 saturated carbocycles. The number of ether oxygens (including phenoxy) is 2. The first-order valence-electron chi connectivity index (χ1n) is 15.8. The standard InChI is InChI=1S/C38H39ClN2O6/c1-37(2)17-28-34(30(42)19-37)33(35-29(18-38(3,4)20-31(35)43)40(28)21-23-9-7-6-8-10-23)25-15-27(39)36(32(16-25)46-5)47-22-24-11-13-26(14-12-24)41(44)45/h6-16,33H,17-22H2,1-5H3. The van der Waals surface area contributed by atoms with Crippen molar-refractivity contribution in [1.29, 1.82) is 0 Å². The topological polar surface area (TPSA) is 99.0 Å². The van der Waals surface area contributed by atoms with Gasteiger partial charge in [0.25, 0.3) is 5.69 Å². The number of carbonyl (C=O) groups excluding carboxylic acids is 2. The van der Waals surface area contributed by atoms with E-state index in [1.54, 1.807) is 18.2 Å². The first kappa shape index (κ1) is 32.5. The van der Waals surface area contributed by atoms with Gasteiger partial charge in [0.2, 0.25) is 0 Å². The molecule has 3 aromatic rings. The van der Waals surface area contributed by atoms with Gasteiger partial charge in [0.1, 0.15) is 6.61 Å².